The van der Waals surface area contributed by atoms with E-state index >= 15 is 0 Å². The standard InChI is InChI=1S/C24H37O4P/c1-19(2,3)16-11-12-18(17(13-16)20(4,5)6)25-29-23(9)14-21(7)26-22(8,28-23)15-24(29,10)27-21/h11-13H,14-15H2,1-10H3/t21?,22?,23-,24?,29?/m0/s1. The zero-order valence-corrected chi connectivity index (χ0v) is 20.6. The molecule has 5 atom stereocenters. The first-order chi connectivity index (χ1) is 13.0. The first kappa shape index (κ1) is 21.6. The zero-order valence-electron chi connectivity index (χ0n) is 19.7. The van der Waals surface area contributed by atoms with E-state index in [9.17, 15) is 0 Å². The monoisotopic (exact) mass is 420 g/mol. The molecule has 4 bridgehead atoms. The van der Waals surface area contributed by atoms with Crippen molar-refractivity contribution in [1.82, 2.24) is 0 Å². The van der Waals surface area contributed by atoms with Gasteiger partial charge in [0.05, 0.1) is 0 Å². The van der Waals surface area contributed by atoms with Crippen LogP contribution in [0.4, 0.5) is 0 Å². The molecule has 0 radical (unpaired) electrons. The molecule has 4 aliphatic heterocycles. The molecule has 0 spiro atoms. The van der Waals surface area contributed by atoms with Gasteiger partial charge in [0.25, 0.3) is 0 Å². The van der Waals surface area contributed by atoms with Crippen molar-refractivity contribution in [3.05, 3.63) is 29.3 Å². The highest BCUT2D eigenvalue weighted by atomic mass is 31.1. The highest BCUT2D eigenvalue weighted by Gasteiger charge is 2.73. The molecule has 5 heteroatoms. The summed E-state index contributed by atoms with van der Waals surface area (Å²) < 4.78 is 26.1. The van der Waals surface area contributed by atoms with Crippen LogP contribution in [0.5, 0.6) is 5.75 Å². The van der Waals surface area contributed by atoms with Gasteiger partial charge in [0.15, 0.2) is 19.7 Å². The molecule has 4 saturated heterocycles. The van der Waals surface area contributed by atoms with E-state index < -0.39 is 30.4 Å². The van der Waals surface area contributed by atoms with Crippen LogP contribution in [0.3, 0.4) is 0 Å². The van der Waals surface area contributed by atoms with Gasteiger partial charge in [-0.05, 0) is 50.2 Å². The van der Waals surface area contributed by atoms with Crippen LogP contribution in [0.2, 0.25) is 0 Å². The fourth-order valence-electron chi connectivity index (χ4n) is 5.52. The van der Waals surface area contributed by atoms with E-state index in [1.165, 1.54) is 11.1 Å². The van der Waals surface area contributed by atoms with Crippen LogP contribution in [0.1, 0.15) is 93.2 Å². The lowest BCUT2D eigenvalue weighted by atomic mass is 9.80. The first-order valence-corrected chi connectivity index (χ1v) is 12.0. The Balaban J connectivity index is 1.75. The smallest absolute Gasteiger partial charge is 0.173 e. The van der Waals surface area contributed by atoms with E-state index in [2.05, 4.69) is 73.6 Å². The molecule has 4 fully saturated rings. The second-order valence-electron chi connectivity index (χ2n) is 11.9. The molecule has 4 nitrogen and oxygen atoms in total. The minimum atomic E-state index is -1.04. The van der Waals surface area contributed by atoms with Gasteiger partial charge in [0.1, 0.15) is 16.4 Å². The summed E-state index contributed by atoms with van der Waals surface area (Å²) in [4.78, 5) is 0. The maximum Gasteiger partial charge on any atom is 0.173 e. The molecule has 4 heterocycles. The summed E-state index contributed by atoms with van der Waals surface area (Å²) in [5, 5.41) is -0.805. The van der Waals surface area contributed by atoms with Crippen LogP contribution in [-0.2, 0) is 25.0 Å². The molecule has 0 amide bonds. The van der Waals surface area contributed by atoms with Gasteiger partial charge in [0.2, 0.25) is 0 Å². The number of ether oxygens (including phenoxy) is 3. The van der Waals surface area contributed by atoms with Gasteiger partial charge in [-0.25, -0.2) is 0 Å². The third-order valence-corrected chi connectivity index (χ3v) is 8.90. The summed E-state index contributed by atoms with van der Waals surface area (Å²) in [7, 11) is -1.04. The summed E-state index contributed by atoms with van der Waals surface area (Å²) in [6.07, 6.45) is 1.36. The van der Waals surface area contributed by atoms with Gasteiger partial charge >= 0.3 is 0 Å². The number of hydrogen-bond acceptors (Lipinski definition) is 4. The van der Waals surface area contributed by atoms with Gasteiger partial charge < -0.3 is 18.7 Å². The topological polar surface area (TPSA) is 36.9 Å². The summed E-state index contributed by atoms with van der Waals surface area (Å²) in [6.45, 7) is 21.9. The maximum atomic E-state index is 6.87. The fourth-order valence-corrected chi connectivity index (χ4v) is 8.67. The largest absolute Gasteiger partial charge is 0.468 e. The van der Waals surface area contributed by atoms with Crippen LogP contribution in [0.15, 0.2) is 18.2 Å². The van der Waals surface area contributed by atoms with Crippen molar-refractivity contribution in [2.75, 3.05) is 0 Å². The van der Waals surface area contributed by atoms with Crippen molar-refractivity contribution in [2.45, 2.75) is 115 Å². The Hall–Kier alpha value is -0.670. The quantitative estimate of drug-likeness (QED) is 0.494. The van der Waals surface area contributed by atoms with Crippen molar-refractivity contribution in [2.24, 2.45) is 0 Å². The molecular formula is C24H37O4P. The van der Waals surface area contributed by atoms with E-state index in [-0.39, 0.29) is 10.8 Å². The van der Waals surface area contributed by atoms with Crippen LogP contribution in [-0.4, -0.2) is 22.3 Å². The van der Waals surface area contributed by atoms with Gasteiger partial charge in [-0.2, -0.15) is 0 Å². The van der Waals surface area contributed by atoms with E-state index in [1.54, 1.807) is 0 Å². The Bertz CT molecular complexity index is 790. The van der Waals surface area contributed by atoms with Crippen LogP contribution < -0.4 is 4.52 Å². The lowest BCUT2D eigenvalue weighted by molar-refractivity contribution is -0.469. The summed E-state index contributed by atoms with van der Waals surface area (Å²) in [5.41, 5.74) is 2.63. The summed E-state index contributed by atoms with van der Waals surface area (Å²) in [6, 6.07) is 6.68. The van der Waals surface area contributed by atoms with Crippen LogP contribution in [0.25, 0.3) is 0 Å². The second kappa shape index (κ2) is 5.97. The second-order valence-corrected chi connectivity index (χ2v) is 14.5. The Labute approximate surface area is 177 Å². The average Bonchev–Trinajstić information content (AvgIpc) is 2.45. The van der Waals surface area contributed by atoms with Crippen molar-refractivity contribution in [3.63, 3.8) is 0 Å². The van der Waals surface area contributed by atoms with Crippen molar-refractivity contribution >= 4 is 8.15 Å². The SMILES string of the molecule is CC12C[C@@]3(C)OC(C)(CC(C)(O1)P3Oc1ccc(C(C)(C)C)cc1C(C)(C)C)O2. The van der Waals surface area contributed by atoms with E-state index in [0.29, 0.717) is 12.8 Å². The number of hydrogen-bond donors (Lipinski definition) is 0. The Morgan fingerprint density at radius 2 is 1.31 bits per heavy atom. The normalized spacial score (nSPS) is 41.7. The van der Waals surface area contributed by atoms with E-state index in [1.807, 2.05) is 13.8 Å². The van der Waals surface area contributed by atoms with Gasteiger partial charge in [-0.1, -0.05) is 53.7 Å². The lowest BCUT2D eigenvalue weighted by Crippen LogP contribution is -2.71. The van der Waals surface area contributed by atoms with Crippen molar-refractivity contribution < 1.29 is 18.7 Å². The van der Waals surface area contributed by atoms with Crippen molar-refractivity contribution in [1.29, 1.82) is 0 Å². The third-order valence-electron chi connectivity index (χ3n) is 6.30. The Morgan fingerprint density at radius 3 is 1.76 bits per heavy atom. The minimum Gasteiger partial charge on any atom is -0.468 e. The molecular weight excluding hydrogens is 383 g/mol. The fraction of sp³-hybridized carbons (Fsp3) is 0.750. The molecule has 4 aliphatic rings. The molecule has 0 N–H and O–H groups in total. The third kappa shape index (κ3) is 3.55. The molecule has 29 heavy (non-hydrogen) atoms. The van der Waals surface area contributed by atoms with E-state index in [0.717, 1.165) is 5.75 Å². The summed E-state index contributed by atoms with van der Waals surface area (Å²) in [5.74, 6) is -0.269. The molecule has 162 valence electrons. The predicted octanol–water partition coefficient (Wildman–Crippen LogP) is 6.79. The molecule has 4 unspecified atom stereocenters. The maximum absolute atomic E-state index is 6.87. The van der Waals surface area contributed by atoms with Gasteiger partial charge in [-0.3, -0.25) is 0 Å². The molecule has 1 aromatic carbocycles. The lowest BCUT2D eigenvalue weighted by Gasteiger charge is -2.68. The van der Waals surface area contributed by atoms with Crippen LogP contribution >= 0.6 is 8.15 Å². The number of benzene rings is 1. The van der Waals surface area contributed by atoms with Gasteiger partial charge in [-0.15, -0.1) is 0 Å². The number of rotatable bonds is 2. The first-order valence-electron chi connectivity index (χ1n) is 10.7. The highest BCUT2D eigenvalue weighted by Crippen LogP contribution is 2.76. The molecule has 0 aliphatic carbocycles. The Kier molecular flexibility index (Phi) is 4.44. The van der Waals surface area contributed by atoms with Crippen molar-refractivity contribution in [3.8, 4) is 5.75 Å². The van der Waals surface area contributed by atoms with Gasteiger partial charge in [0, 0.05) is 18.4 Å². The zero-order chi connectivity index (χ0) is 21.7. The molecule has 5 rings (SSSR count). The predicted molar refractivity (Wildman–Crippen MR) is 117 cm³/mol. The molecule has 1 aromatic rings. The molecule has 0 aromatic heterocycles. The Morgan fingerprint density at radius 1 is 0.793 bits per heavy atom. The van der Waals surface area contributed by atoms with Crippen LogP contribution in [0, 0.1) is 0 Å². The minimum absolute atomic E-state index is 0.0243. The summed E-state index contributed by atoms with van der Waals surface area (Å²) >= 11 is 0. The molecule has 0 saturated carbocycles. The average molecular weight is 421 g/mol. The highest BCUT2D eigenvalue weighted by molar-refractivity contribution is 7.56. The van der Waals surface area contributed by atoms with E-state index in [4.69, 9.17) is 18.7 Å².